The van der Waals surface area contributed by atoms with Crippen LogP contribution >= 0.6 is 0 Å². The summed E-state index contributed by atoms with van der Waals surface area (Å²) in [6.07, 6.45) is 6.66. The fourth-order valence-electron chi connectivity index (χ4n) is 2.66. The smallest absolute Gasteiger partial charge is 0.469 e. The molecule has 5 heteroatoms. The molecule has 0 aliphatic rings. The van der Waals surface area contributed by atoms with Gasteiger partial charge in [0.1, 0.15) is 0 Å². The molecular formula is C18H36O4Si. The van der Waals surface area contributed by atoms with E-state index in [1.54, 1.807) is 0 Å². The van der Waals surface area contributed by atoms with E-state index in [0.29, 0.717) is 12.8 Å². The van der Waals surface area contributed by atoms with Crippen LogP contribution in [0.2, 0.25) is 11.1 Å². The molecule has 0 aliphatic heterocycles. The average molecular weight is 345 g/mol. The van der Waals surface area contributed by atoms with Crippen molar-refractivity contribution in [2.45, 2.75) is 104 Å². The lowest BCUT2D eigenvalue weighted by Gasteiger charge is -2.35. The first-order valence-corrected chi connectivity index (χ1v) is 11.2. The van der Waals surface area contributed by atoms with Crippen molar-refractivity contribution in [2.75, 3.05) is 0 Å². The molecule has 0 heterocycles. The molecule has 0 bridgehead atoms. The van der Waals surface area contributed by atoms with Crippen LogP contribution in [0, 0.1) is 0 Å². The highest BCUT2D eigenvalue weighted by atomic mass is 28.4. The molecule has 0 N–H and O–H groups in total. The summed E-state index contributed by atoms with van der Waals surface area (Å²) >= 11 is 0. The minimum absolute atomic E-state index is 0.0488. The molecule has 0 aromatic rings. The lowest BCUT2D eigenvalue weighted by atomic mass is 10.2. The van der Waals surface area contributed by atoms with Gasteiger partial charge in [-0.05, 0) is 12.8 Å². The normalized spacial score (nSPS) is 11.8. The van der Waals surface area contributed by atoms with Gasteiger partial charge >= 0.3 is 8.56 Å². The first kappa shape index (κ1) is 22.2. The first-order chi connectivity index (χ1) is 10.8. The average Bonchev–Trinajstić information content (AvgIpc) is 2.46. The topological polar surface area (TPSA) is 52.6 Å². The lowest BCUT2D eigenvalue weighted by molar-refractivity contribution is -0.142. The van der Waals surface area contributed by atoms with E-state index in [0.717, 1.165) is 38.5 Å². The SMILES string of the molecule is CCCCCC(=O)O[Si](OC(=O)CCCCC)(C(C)C)C(C)C. The molecule has 0 aliphatic carbocycles. The predicted octanol–water partition coefficient (Wildman–Crippen LogP) is 5.50. The van der Waals surface area contributed by atoms with E-state index in [1.807, 2.05) is 27.7 Å². The molecule has 0 rings (SSSR count). The Balaban J connectivity index is 4.88. The van der Waals surface area contributed by atoms with Crippen LogP contribution in [-0.4, -0.2) is 20.5 Å². The van der Waals surface area contributed by atoms with E-state index in [2.05, 4.69) is 13.8 Å². The highest BCUT2D eigenvalue weighted by Crippen LogP contribution is 2.35. The monoisotopic (exact) mass is 344 g/mol. The third-order valence-corrected chi connectivity index (χ3v) is 8.44. The van der Waals surface area contributed by atoms with E-state index in [-0.39, 0.29) is 23.0 Å². The maximum Gasteiger partial charge on any atom is 0.469 e. The largest absolute Gasteiger partial charge is 0.484 e. The standard InChI is InChI=1S/C18H36O4Si/c1-7-9-11-13-17(19)21-23(15(3)4,16(5)6)22-18(20)14-12-10-8-2/h15-16H,7-14H2,1-6H3. The van der Waals surface area contributed by atoms with Gasteiger partial charge in [0.05, 0.1) is 0 Å². The molecule has 0 aromatic carbocycles. The van der Waals surface area contributed by atoms with Crippen molar-refractivity contribution in [3.63, 3.8) is 0 Å². The number of carbonyl (C=O) groups is 2. The highest BCUT2D eigenvalue weighted by molar-refractivity contribution is 6.73. The van der Waals surface area contributed by atoms with Gasteiger partial charge in [-0.25, -0.2) is 0 Å². The Labute approximate surface area is 143 Å². The van der Waals surface area contributed by atoms with Crippen molar-refractivity contribution < 1.29 is 18.4 Å². The van der Waals surface area contributed by atoms with E-state index < -0.39 is 8.56 Å². The molecule has 0 unspecified atom stereocenters. The van der Waals surface area contributed by atoms with Gasteiger partial charge in [0.25, 0.3) is 11.9 Å². The maximum atomic E-state index is 12.2. The van der Waals surface area contributed by atoms with Crippen molar-refractivity contribution >= 4 is 20.5 Å². The van der Waals surface area contributed by atoms with E-state index in [9.17, 15) is 9.59 Å². The molecule has 23 heavy (non-hydrogen) atoms. The van der Waals surface area contributed by atoms with Gasteiger partial charge in [-0.2, -0.15) is 0 Å². The molecule has 0 amide bonds. The van der Waals surface area contributed by atoms with Crippen LogP contribution in [-0.2, 0) is 18.4 Å². The molecule has 0 atom stereocenters. The first-order valence-electron chi connectivity index (χ1n) is 9.23. The van der Waals surface area contributed by atoms with Gasteiger partial charge in [0.15, 0.2) is 0 Å². The van der Waals surface area contributed by atoms with Crippen molar-refractivity contribution in [2.24, 2.45) is 0 Å². The van der Waals surface area contributed by atoms with E-state index in [4.69, 9.17) is 8.85 Å². The third kappa shape index (κ3) is 8.00. The quantitative estimate of drug-likeness (QED) is 0.347. The molecule has 0 saturated carbocycles. The fourth-order valence-corrected chi connectivity index (χ4v) is 5.89. The van der Waals surface area contributed by atoms with Gasteiger partial charge in [-0.15, -0.1) is 0 Å². The van der Waals surface area contributed by atoms with Crippen molar-refractivity contribution in [1.29, 1.82) is 0 Å². The van der Waals surface area contributed by atoms with Gasteiger partial charge in [-0.3, -0.25) is 9.59 Å². The second-order valence-corrected chi connectivity index (χ2v) is 11.1. The van der Waals surface area contributed by atoms with Crippen LogP contribution in [0.5, 0.6) is 0 Å². The summed E-state index contributed by atoms with van der Waals surface area (Å²) in [6.45, 7) is 12.2. The highest BCUT2D eigenvalue weighted by Gasteiger charge is 2.51. The van der Waals surface area contributed by atoms with Crippen LogP contribution in [0.3, 0.4) is 0 Å². The summed E-state index contributed by atoms with van der Waals surface area (Å²) in [5.74, 6) is -0.428. The number of rotatable bonds is 12. The molecule has 136 valence electrons. The van der Waals surface area contributed by atoms with Crippen LogP contribution < -0.4 is 0 Å². The Morgan fingerprint density at radius 2 is 1.09 bits per heavy atom. The Hall–Kier alpha value is -0.843. The molecule has 4 nitrogen and oxygen atoms in total. The van der Waals surface area contributed by atoms with E-state index >= 15 is 0 Å². The van der Waals surface area contributed by atoms with Crippen molar-refractivity contribution in [3.05, 3.63) is 0 Å². The zero-order valence-electron chi connectivity index (χ0n) is 15.9. The summed E-state index contributed by atoms with van der Waals surface area (Å²) in [4.78, 5) is 24.4. The third-order valence-electron chi connectivity index (χ3n) is 4.13. The Morgan fingerprint density at radius 3 is 1.35 bits per heavy atom. The van der Waals surface area contributed by atoms with Crippen molar-refractivity contribution in [1.82, 2.24) is 0 Å². The zero-order chi connectivity index (χ0) is 17.9. The minimum atomic E-state index is -2.90. The van der Waals surface area contributed by atoms with Crippen LogP contribution in [0.4, 0.5) is 0 Å². The minimum Gasteiger partial charge on any atom is -0.484 e. The summed E-state index contributed by atoms with van der Waals surface area (Å²) in [7, 11) is -2.90. The molecule has 0 radical (unpaired) electrons. The molecule has 0 aromatic heterocycles. The number of hydrogen-bond acceptors (Lipinski definition) is 4. The van der Waals surface area contributed by atoms with Crippen LogP contribution in [0.1, 0.15) is 92.9 Å². The van der Waals surface area contributed by atoms with Crippen LogP contribution in [0.25, 0.3) is 0 Å². The summed E-state index contributed by atoms with van der Waals surface area (Å²) in [6, 6.07) is 0. The maximum absolute atomic E-state index is 12.2. The Kier molecular flexibility index (Phi) is 11.2. The fraction of sp³-hybridized carbons (Fsp3) is 0.889. The van der Waals surface area contributed by atoms with Gasteiger partial charge < -0.3 is 8.85 Å². The van der Waals surface area contributed by atoms with Gasteiger partial charge in [0.2, 0.25) is 0 Å². The second-order valence-electron chi connectivity index (χ2n) is 6.89. The molecular weight excluding hydrogens is 308 g/mol. The summed E-state index contributed by atoms with van der Waals surface area (Å²) in [5, 5.41) is 0. The van der Waals surface area contributed by atoms with Crippen molar-refractivity contribution in [3.8, 4) is 0 Å². The number of carbonyl (C=O) groups excluding carboxylic acids is 2. The molecule has 0 saturated heterocycles. The zero-order valence-corrected chi connectivity index (χ0v) is 16.9. The van der Waals surface area contributed by atoms with Gasteiger partial charge in [0, 0.05) is 23.9 Å². The second kappa shape index (κ2) is 11.7. The Morgan fingerprint density at radius 1 is 0.739 bits per heavy atom. The van der Waals surface area contributed by atoms with Gasteiger partial charge in [-0.1, -0.05) is 67.2 Å². The summed E-state index contributed by atoms with van der Waals surface area (Å²) < 4.78 is 11.7. The molecule has 0 spiro atoms. The lowest BCUT2D eigenvalue weighted by Crippen LogP contribution is -2.51. The Bertz CT molecular complexity index is 319. The van der Waals surface area contributed by atoms with Crippen LogP contribution in [0.15, 0.2) is 0 Å². The number of unbranched alkanes of at least 4 members (excludes halogenated alkanes) is 4. The molecule has 0 fully saturated rings. The number of hydrogen-bond donors (Lipinski definition) is 0. The summed E-state index contributed by atoms with van der Waals surface area (Å²) in [5.41, 5.74) is 0.0977. The van der Waals surface area contributed by atoms with E-state index in [1.165, 1.54) is 0 Å². The predicted molar refractivity (Wildman–Crippen MR) is 96.4 cm³/mol.